The van der Waals surface area contributed by atoms with Crippen LogP contribution in [-0.2, 0) is 16.0 Å². The molecule has 0 N–H and O–H groups in total. The molecule has 2 amide bonds. The normalized spacial score (nSPS) is 25.8. The molecule has 3 fully saturated rings. The summed E-state index contributed by atoms with van der Waals surface area (Å²) in [5.74, 6) is 2.10. The Morgan fingerprint density at radius 1 is 0.909 bits per heavy atom. The van der Waals surface area contributed by atoms with Crippen LogP contribution in [0.3, 0.4) is 0 Å². The summed E-state index contributed by atoms with van der Waals surface area (Å²) in [6.07, 6.45) is 7.22. The highest BCUT2D eigenvalue weighted by atomic mass is 16.2. The number of benzene rings is 2. The van der Waals surface area contributed by atoms with Gasteiger partial charge in [-0.1, -0.05) is 67.4 Å². The standard InChI is InChI=1S/C29H36N2O2/c1-30(2)28(33)29(20-22-12-6-7-13-23(22)21-10-4-3-5-11-21)16-18-31(19-17-29)27(32)26-24-14-8-9-15-25(24)26/h3-7,10-13,24-26H,8-9,14-20H2,1-2H3. The van der Waals surface area contributed by atoms with Crippen LogP contribution >= 0.6 is 0 Å². The van der Waals surface area contributed by atoms with E-state index in [4.69, 9.17) is 0 Å². The summed E-state index contributed by atoms with van der Waals surface area (Å²) >= 11 is 0. The van der Waals surface area contributed by atoms with Crippen molar-refractivity contribution in [2.45, 2.75) is 44.9 Å². The summed E-state index contributed by atoms with van der Waals surface area (Å²) in [5, 5.41) is 0. The predicted molar refractivity (Wildman–Crippen MR) is 131 cm³/mol. The Hall–Kier alpha value is -2.62. The topological polar surface area (TPSA) is 40.6 Å². The summed E-state index contributed by atoms with van der Waals surface area (Å²) < 4.78 is 0. The molecule has 1 aliphatic heterocycles. The Labute approximate surface area is 198 Å². The maximum absolute atomic E-state index is 13.5. The largest absolute Gasteiger partial charge is 0.348 e. The van der Waals surface area contributed by atoms with Crippen molar-refractivity contribution in [1.29, 1.82) is 0 Å². The van der Waals surface area contributed by atoms with Gasteiger partial charge in [-0.25, -0.2) is 0 Å². The highest BCUT2D eigenvalue weighted by Gasteiger charge is 2.56. The van der Waals surface area contributed by atoms with Gasteiger partial charge in [0.2, 0.25) is 11.8 Å². The Morgan fingerprint density at radius 2 is 1.52 bits per heavy atom. The lowest BCUT2D eigenvalue weighted by atomic mass is 9.71. The molecule has 1 heterocycles. The zero-order chi connectivity index (χ0) is 23.0. The van der Waals surface area contributed by atoms with Crippen LogP contribution in [0.15, 0.2) is 54.6 Å². The first-order valence-corrected chi connectivity index (χ1v) is 12.6. The van der Waals surface area contributed by atoms with Gasteiger partial charge in [0.15, 0.2) is 0 Å². The molecule has 2 aliphatic carbocycles. The van der Waals surface area contributed by atoms with E-state index >= 15 is 0 Å². The lowest BCUT2D eigenvalue weighted by molar-refractivity contribution is -0.147. The molecule has 3 aliphatic rings. The maximum atomic E-state index is 13.5. The average molecular weight is 445 g/mol. The number of hydrogen-bond acceptors (Lipinski definition) is 2. The third-order valence-corrected chi connectivity index (χ3v) is 8.46. The second kappa shape index (κ2) is 8.96. The molecule has 4 nitrogen and oxygen atoms in total. The summed E-state index contributed by atoms with van der Waals surface area (Å²) in [5.41, 5.74) is 3.14. The van der Waals surface area contributed by atoms with E-state index in [2.05, 4.69) is 53.4 Å². The molecule has 0 radical (unpaired) electrons. The van der Waals surface area contributed by atoms with E-state index < -0.39 is 5.41 Å². The number of piperidine rings is 1. The highest BCUT2D eigenvalue weighted by Crippen LogP contribution is 2.56. The molecule has 0 bridgehead atoms. The van der Waals surface area contributed by atoms with Crippen LogP contribution in [0.25, 0.3) is 11.1 Å². The van der Waals surface area contributed by atoms with Gasteiger partial charge in [-0.05, 0) is 60.6 Å². The molecule has 33 heavy (non-hydrogen) atoms. The van der Waals surface area contributed by atoms with Gasteiger partial charge in [-0.15, -0.1) is 0 Å². The van der Waals surface area contributed by atoms with Crippen molar-refractivity contribution < 1.29 is 9.59 Å². The number of carbonyl (C=O) groups excluding carboxylic acids is 2. The van der Waals surface area contributed by atoms with E-state index in [0.717, 1.165) is 12.8 Å². The number of fused-ring (bicyclic) bond motifs is 1. The lowest BCUT2D eigenvalue weighted by Gasteiger charge is -2.42. The van der Waals surface area contributed by atoms with Crippen LogP contribution in [0, 0.1) is 23.2 Å². The number of likely N-dealkylation sites (tertiary alicyclic amines) is 1. The minimum absolute atomic E-state index is 0.192. The summed E-state index contributed by atoms with van der Waals surface area (Å²) in [7, 11) is 3.72. The minimum atomic E-state index is -0.457. The monoisotopic (exact) mass is 444 g/mol. The first kappa shape index (κ1) is 22.2. The summed E-state index contributed by atoms with van der Waals surface area (Å²) in [6.45, 7) is 1.39. The molecular formula is C29H36N2O2. The van der Waals surface area contributed by atoms with Gasteiger partial charge < -0.3 is 9.80 Å². The van der Waals surface area contributed by atoms with Crippen LogP contribution in [0.5, 0.6) is 0 Å². The Bertz CT molecular complexity index is 995. The molecule has 5 rings (SSSR count). The van der Waals surface area contributed by atoms with Gasteiger partial charge in [0.25, 0.3) is 0 Å². The second-order valence-electron chi connectivity index (χ2n) is 10.6. The van der Waals surface area contributed by atoms with Gasteiger partial charge in [0, 0.05) is 33.1 Å². The van der Waals surface area contributed by atoms with Gasteiger partial charge in [-0.3, -0.25) is 9.59 Å². The first-order chi connectivity index (χ1) is 16.0. The SMILES string of the molecule is CN(C)C(=O)C1(Cc2ccccc2-c2ccccc2)CCN(C(=O)C2C3CCCCC32)CC1. The molecule has 1 saturated heterocycles. The molecule has 4 heteroatoms. The third kappa shape index (κ3) is 4.20. The fourth-order valence-electron chi connectivity index (χ4n) is 6.60. The zero-order valence-corrected chi connectivity index (χ0v) is 20.0. The number of nitrogens with zero attached hydrogens (tertiary/aromatic N) is 2. The lowest BCUT2D eigenvalue weighted by Crippen LogP contribution is -2.51. The maximum Gasteiger partial charge on any atom is 0.228 e. The molecule has 2 unspecified atom stereocenters. The van der Waals surface area contributed by atoms with Crippen molar-refractivity contribution >= 4 is 11.8 Å². The number of hydrogen-bond donors (Lipinski definition) is 0. The van der Waals surface area contributed by atoms with E-state index in [9.17, 15) is 9.59 Å². The fourth-order valence-corrected chi connectivity index (χ4v) is 6.60. The Kier molecular flexibility index (Phi) is 6.03. The van der Waals surface area contributed by atoms with Crippen LogP contribution in [-0.4, -0.2) is 48.8 Å². The van der Waals surface area contributed by atoms with E-state index in [0.29, 0.717) is 37.3 Å². The molecular weight excluding hydrogens is 408 g/mol. The van der Waals surface area contributed by atoms with Gasteiger partial charge >= 0.3 is 0 Å². The van der Waals surface area contributed by atoms with Crippen molar-refractivity contribution in [3.63, 3.8) is 0 Å². The smallest absolute Gasteiger partial charge is 0.228 e. The number of carbonyl (C=O) groups is 2. The molecule has 0 aromatic heterocycles. The predicted octanol–water partition coefficient (Wildman–Crippen LogP) is 5.03. The molecule has 174 valence electrons. The fraction of sp³-hybridized carbons (Fsp3) is 0.517. The molecule has 2 aromatic carbocycles. The van der Waals surface area contributed by atoms with E-state index in [1.54, 1.807) is 4.90 Å². The third-order valence-electron chi connectivity index (χ3n) is 8.46. The molecule has 0 spiro atoms. The summed E-state index contributed by atoms with van der Waals surface area (Å²) in [6, 6.07) is 18.9. The van der Waals surface area contributed by atoms with E-state index in [1.807, 2.05) is 20.2 Å². The van der Waals surface area contributed by atoms with E-state index in [-0.39, 0.29) is 11.8 Å². The van der Waals surface area contributed by atoms with Crippen LogP contribution < -0.4 is 0 Å². The quantitative estimate of drug-likeness (QED) is 0.649. The second-order valence-corrected chi connectivity index (χ2v) is 10.6. The Balaban J connectivity index is 1.36. The van der Waals surface area contributed by atoms with Crippen LogP contribution in [0.4, 0.5) is 0 Å². The molecule has 2 aromatic rings. The van der Waals surface area contributed by atoms with Crippen LogP contribution in [0.2, 0.25) is 0 Å². The van der Waals surface area contributed by atoms with Gasteiger partial charge in [-0.2, -0.15) is 0 Å². The van der Waals surface area contributed by atoms with E-state index in [1.165, 1.54) is 42.4 Å². The van der Waals surface area contributed by atoms with Crippen molar-refractivity contribution in [3.05, 3.63) is 60.2 Å². The average Bonchev–Trinajstić information content (AvgIpc) is 3.59. The number of amides is 2. The first-order valence-electron chi connectivity index (χ1n) is 12.6. The van der Waals surface area contributed by atoms with Crippen LogP contribution in [0.1, 0.15) is 44.1 Å². The molecule has 2 saturated carbocycles. The summed E-state index contributed by atoms with van der Waals surface area (Å²) in [4.78, 5) is 30.6. The Morgan fingerprint density at radius 3 is 2.15 bits per heavy atom. The minimum Gasteiger partial charge on any atom is -0.348 e. The van der Waals surface area contributed by atoms with Crippen molar-refractivity contribution in [2.75, 3.05) is 27.2 Å². The molecule has 2 atom stereocenters. The number of rotatable bonds is 5. The zero-order valence-electron chi connectivity index (χ0n) is 20.0. The van der Waals surface area contributed by atoms with Gasteiger partial charge in [0.05, 0.1) is 5.41 Å². The van der Waals surface area contributed by atoms with Gasteiger partial charge in [0.1, 0.15) is 0 Å². The van der Waals surface area contributed by atoms with Crippen molar-refractivity contribution in [2.24, 2.45) is 23.2 Å². The van der Waals surface area contributed by atoms with Crippen molar-refractivity contribution in [1.82, 2.24) is 9.80 Å². The highest BCUT2D eigenvalue weighted by molar-refractivity contribution is 5.85. The van der Waals surface area contributed by atoms with Crippen molar-refractivity contribution in [3.8, 4) is 11.1 Å².